The van der Waals surface area contributed by atoms with Gasteiger partial charge < -0.3 is 9.84 Å². The van der Waals surface area contributed by atoms with Gasteiger partial charge in [-0.25, -0.2) is 4.98 Å². The molecule has 0 unspecified atom stereocenters. The first-order chi connectivity index (χ1) is 8.69. The van der Waals surface area contributed by atoms with Crippen LogP contribution < -0.4 is 5.32 Å². The Bertz CT molecular complexity index is 589. The molecule has 0 saturated heterocycles. The highest BCUT2D eigenvalue weighted by molar-refractivity contribution is 6.31. The topological polar surface area (TPSA) is 87.6 Å². The number of pyridine rings is 1. The number of nitrogens with one attached hydrogen (secondary N) is 1. The Hall–Kier alpha value is -2.13. The Kier molecular flexibility index (Phi) is 3.75. The normalized spacial score (nSPS) is 10.1. The largest absolute Gasteiger partial charge is 0.370 e. The predicted octanol–water partition coefficient (Wildman–Crippen LogP) is 1.95. The highest BCUT2D eigenvalue weighted by Gasteiger charge is 2.04. The van der Waals surface area contributed by atoms with Crippen LogP contribution in [0.2, 0.25) is 5.02 Å². The summed E-state index contributed by atoms with van der Waals surface area (Å²) in [5, 5.41) is 15.9. The highest BCUT2D eigenvalue weighted by atomic mass is 35.5. The molecule has 0 amide bonds. The van der Waals surface area contributed by atoms with Gasteiger partial charge in [-0.15, -0.1) is 0 Å². The van der Waals surface area contributed by atoms with Crippen molar-refractivity contribution in [2.75, 3.05) is 11.9 Å². The summed E-state index contributed by atoms with van der Waals surface area (Å²) < 4.78 is 4.97. The van der Waals surface area contributed by atoms with Gasteiger partial charge in [0, 0.05) is 13.0 Å². The third-order valence-corrected chi connectivity index (χ3v) is 2.47. The lowest BCUT2D eigenvalue weighted by atomic mass is 10.3. The zero-order valence-corrected chi connectivity index (χ0v) is 10.4. The van der Waals surface area contributed by atoms with E-state index in [-0.39, 0.29) is 5.69 Å². The number of rotatable bonds is 4. The first-order valence-corrected chi connectivity index (χ1v) is 5.66. The molecule has 0 bridgehead atoms. The maximum absolute atomic E-state index is 8.79. The van der Waals surface area contributed by atoms with Gasteiger partial charge in [0.2, 0.25) is 5.89 Å². The molecule has 92 valence electrons. The number of anilines is 1. The zero-order valence-electron chi connectivity index (χ0n) is 9.64. The van der Waals surface area contributed by atoms with Gasteiger partial charge in [-0.05, 0) is 19.1 Å². The Morgan fingerprint density at radius 2 is 2.28 bits per heavy atom. The lowest BCUT2D eigenvalue weighted by Gasteiger charge is -2.04. The second kappa shape index (κ2) is 5.47. The molecule has 2 heterocycles. The maximum atomic E-state index is 8.79. The van der Waals surface area contributed by atoms with Crippen LogP contribution in [-0.2, 0) is 6.42 Å². The van der Waals surface area contributed by atoms with E-state index in [0.29, 0.717) is 35.5 Å². The van der Waals surface area contributed by atoms with Gasteiger partial charge in [0.25, 0.3) is 0 Å². The van der Waals surface area contributed by atoms with Crippen molar-refractivity contribution >= 4 is 17.4 Å². The molecule has 0 aliphatic carbocycles. The van der Waals surface area contributed by atoms with E-state index < -0.39 is 0 Å². The van der Waals surface area contributed by atoms with Crippen molar-refractivity contribution in [3.8, 4) is 6.07 Å². The second-order valence-corrected chi connectivity index (χ2v) is 3.96. The number of aryl methyl sites for hydroxylation is 1. The summed E-state index contributed by atoms with van der Waals surface area (Å²) in [6, 6.07) is 5.26. The minimum Gasteiger partial charge on any atom is -0.370 e. The number of aromatic nitrogens is 3. The molecule has 0 spiro atoms. The van der Waals surface area contributed by atoms with Crippen LogP contribution in [0, 0.1) is 18.3 Å². The van der Waals surface area contributed by atoms with Crippen molar-refractivity contribution in [1.82, 2.24) is 15.1 Å². The molecular formula is C11H10ClN5O. The average Bonchev–Trinajstić information content (AvgIpc) is 2.77. The summed E-state index contributed by atoms with van der Waals surface area (Å²) in [5.74, 6) is 1.77. The van der Waals surface area contributed by atoms with Gasteiger partial charge in [0.1, 0.15) is 11.9 Å². The third-order valence-electron chi connectivity index (χ3n) is 2.17. The quantitative estimate of drug-likeness (QED) is 0.907. The van der Waals surface area contributed by atoms with E-state index in [1.807, 2.05) is 6.07 Å². The van der Waals surface area contributed by atoms with Crippen LogP contribution >= 0.6 is 11.6 Å². The molecular weight excluding hydrogens is 254 g/mol. The standard InChI is InChI=1S/C11H10ClN5O/c1-7-15-11(18-17-7)4-5-14-10-3-2-8(12)9(6-13)16-10/h2-3H,4-5H2,1H3,(H,14,16). The van der Waals surface area contributed by atoms with E-state index in [4.69, 9.17) is 21.4 Å². The fourth-order valence-corrected chi connectivity index (χ4v) is 1.51. The van der Waals surface area contributed by atoms with Crippen molar-refractivity contribution in [2.24, 2.45) is 0 Å². The fourth-order valence-electron chi connectivity index (χ4n) is 1.36. The zero-order chi connectivity index (χ0) is 13.0. The van der Waals surface area contributed by atoms with E-state index in [1.165, 1.54) is 0 Å². The molecule has 18 heavy (non-hydrogen) atoms. The van der Waals surface area contributed by atoms with Gasteiger partial charge in [-0.2, -0.15) is 10.2 Å². The van der Waals surface area contributed by atoms with Crippen LogP contribution in [-0.4, -0.2) is 21.7 Å². The minimum atomic E-state index is 0.204. The fraction of sp³-hybridized carbons (Fsp3) is 0.273. The molecule has 0 fully saturated rings. The van der Waals surface area contributed by atoms with Crippen molar-refractivity contribution in [3.63, 3.8) is 0 Å². The molecule has 0 aliphatic heterocycles. The van der Waals surface area contributed by atoms with Gasteiger partial charge in [0.15, 0.2) is 11.5 Å². The molecule has 2 aromatic rings. The van der Waals surface area contributed by atoms with Gasteiger partial charge in [0.05, 0.1) is 5.02 Å². The number of nitrogens with zero attached hydrogens (tertiary/aromatic N) is 4. The second-order valence-electron chi connectivity index (χ2n) is 3.55. The van der Waals surface area contributed by atoms with E-state index in [1.54, 1.807) is 19.1 Å². The molecule has 7 heteroatoms. The molecule has 6 nitrogen and oxygen atoms in total. The molecule has 0 aromatic carbocycles. The SMILES string of the molecule is Cc1noc(CCNc2ccc(Cl)c(C#N)n2)n1. The molecule has 0 aliphatic rings. The van der Waals surface area contributed by atoms with Crippen LogP contribution in [0.1, 0.15) is 17.4 Å². The van der Waals surface area contributed by atoms with Gasteiger partial charge >= 0.3 is 0 Å². The van der Waals surface area contributed by atoms with Crippen molar-refractivity contribution in [3.05, 3.63) is 34.6 Å². The Labute approximate surface area is 109 Å². The van der Waals surface area contributed by atoms with E-state index >= 15 is 0 Å². The summed E-state index contributed by atoms with van der Waals surface area (Å²) in [4.78, 5) is 8.13. The average molecular weight is 264 g/mol. The van der Waals surface area contributed by atoms with Gasteiger partial charge in [-0.3, -0.25) is 0 Å². The van der Waals surface area contributed by atoms with Crippen LogP contribution in [0.5, 0.6) is 0 Å². The van der Waals surface area contributed by atoms with E-state index in [2.05, 4.69) is 20.4 Å². The van der Waals surface area contributed by atoms with Gasteiger partial charge in [-0.1, -0.05) is 16.8 Å². The molecule has 2 rings (SSSR count). The molecule has 1 N–H and O–H groups in total. The third kappa shape index (κ3) is 2.96. The molecule has 0 saturated carbocycles. The van der Waals surface area contributed by atoms with E-state index in [0.717, 1.165) is 0 Å². The number of hydrogen-bond donors (Lipinski definition) is 1. The molecule has 0 atom stereocenters. The van der Waals surface area contributed by atoms with Crippen LogP contribution in [0.4, 0.5) is 5.82 Å². The molecule has 2 aromatic heterocycles. The minimum absolute atomic E-state index is 0.204. The first kappa shape index (κ1) is 12.3. The Morgan fingerprint density at radius 1 is 1.44 bits per heavy atom. The van der Waals surface area contributed by atoms with Crippen molar-refractivity contribution < 1.29 is 4.52 Å². The maximum Gasteiger partial charge on any atom is 0.228 e. The summed E-state index contributed by atoms with van der Waals surface area (Å²) in [7, 11) is 0. The summed E-state index contributed by atoms with van der Waals surface area (Å²) in [5.41, 5.74) is 0.204. The molecule has 0 radical (unpaired) electrons. The van der Waals surface area contributed by atoms with E-state index in [9.17, 15) is 0 Å². The highest BCUT2D eigenvalue weighted by Crippen LogP contribution is 2.15. The lowest BCUT2D eigenvalue weighted by Crippen LogP contribution is -2.07. The summed E-state index contributed by atoms with van der Waals surface area (Å²) in [6.45, 7) is 2.35. The van der Waals surface area contributed by atoms with Crippen LogP contribution in [0.3, 0.4) is 0 Å². The summed E-state index contributed by atoms with van der Waals surface area (Å²) in [6.07, 6.45) is 0.590. The predicted molar refractivity (Wildman–Crippen MR) is 65.2 cm³/mol. The summed E-state index contributed by atoms with van der Waals surface area (Å²) >= 11 is 5.78. The van der Waals surface area contributed by atoms with Crippen LogP contribution in [0.25, 0.3) is 0 Å². The Balaban J connectivity index is 1.93. The Morgan fingerprint density at radius 3 is 2.94 bits per heavy atom. The van der Waals surface area contributed by atoms with Crippen LogP contribution in [0.15, 0.2) is 16.7 Å². The monoisotopic (exact) mass is 263 g/mol. The van der Waals surface area contributed by atoms with Crippen molar-refractivity contribution in [2.45, 2.75) is 13.3 Å². The number of hydrogen-bond acceptors (Lipinski definition) is 6. The smallest absolute Gasteiger partial charge is 0.228 e. The number of halogens is 1. The van der Waals surface area contributed by atoms with Crippen molar-refractivity contribution in [1.29, 1.82) is 5.26 Å². The first-order valence-electron chi connectivity index (χ1n) is 5.29. The number of nitriles is 1. The lowest BCUT2D eigenvalue weighted by molar-refractivity contribution is 0.377.